The van der Waals surface area contributed by atoms with Crippen LogP contribution in [0.5, 0.6) is 0 Å². The molecule has 1 saturated heterocycles. The maximum atomic E-state index is 12.5. The maximum absolute atomic E-state index is 12.5. The lowest BCUT2D eigenvalue weighted by molar-refractivity contribution is 0.0939. The van der Waals surface area contributed by atoms with Gasteiger partial charge in [-0.15, -0.1) is 0 Å². The Hall–Kier alpha value is -2.35. The van der Waals surface area contributed by atoms with E-state index in [4.69, 9.17) is 4.52 Å². The van der Waals surface area contributed by atoms with Crippen molar-refractivity contribution in [2.75, 3.05) is 11.5 Å². The van der Waals surface area contributed by atoms with Gasteiger partial charge < -0.3 is 9.84 Å². The number of aromatic nitrogens is 1. The van der Waals surface area contributed by atoms with Gasteiger partial charge in [-0.05, 0) is 6.42 Å². The topological polar surface area (TPSA) is 98.4 Å². The number of nitrogens with one attached hydrogen (secondary N) is 1. The van der Waals surface area contributed by atoms with Crippen molar-refractivity contribution in [3.05, 3.63) is 46.3 Å². The highest BCUT2D eigenvalue weighted by atomic mass is 32.2. The van der Waals surface area contributed by atoms with Crippen LogP contribution in [-0.2, 0) is 16.9 Å². The number of rotatable bonds is 3. The molecule has 1 N–H and O–H groups in total. The van der Waals surface area contributed by atoms with Crippen molar-refractivity contribution in [1.82, 2.24) is 10.1 Å². The Kier molecular flexibility index (Phi) is 3.85. The van der Waals surface area contributed by atoms with E-state index in [-0.39, 0.29) is 17.1 Å². The maximum Gasteiger partial charge on any atom is 0.370 e. The molecule has 3 rings (SSSR count). The van der Waals surface area contributed by atoms with Crippen molar-refractivity contribution in [2.45, 2.75) is 12.5 Å². The molecule has 23 heavy (non-hydrogen) atoms. The van der Waals surface area contributed by atoms with Crippen LogP contribution in [0.4, 0.5) is 0 Å². The molecule has 2 aromatic rings. The van der Waals surface area contributed by atoms with Crippen molar-refractivity contribution < 1.29 is 17.7 Å². The van der Waals surface area contributed by atoms with Gasteiger partial charge in [-0.1, -0.05) is 30.3 Å². The molecule has 0 saturated carbocycles. The number of nitrogens with zero attached hydrogens (tertiary/aromatic N) is 1. The van der Waals surface area contributed by atoms with Crippen LogP contribution in [0.2, 0.25) is 0 Å². The molecule has 0 spiro atoms. The van der Waals surface area contributed by atoms with Gasteiger partial charge >= 0.3 is 5.63 Å². The fourth-order valence-electron chi connectivity index (χ4n) is 2.76. The Bertz CT molecular complexity index is 896. The summed E-state index contributed by atoms with van der Waals surface area (Å²) >= 11 is 0. The van der Waals surface area contributed by atoms with Crippen LogP contribution in [0.25, 0.3) is 11.3 Å². The second kappa shape index (κ2) is 5.69. The van der Waals surface area contributed by atoms with Crippen molar-refractivity contribution in [1.29, 1.82) is 0 Å². The molecule has 7 nitrogen and oxygen atoms in total. The van der Waals surface area contributed by atoms with Crippen molar-refractivity contribution in [3.8, 4) is 11.3 Å². The molecule has 0 radical (unpaired) electrons. The van der Waals surface area contributed by atoms with Gasteiger partial charge in [0.2, 0.25) is 0 Å². The van der Waals surface area contributed by atoms with Crippen LogP contribution in [0.1, 0.15) is 16.8 Å². The zero-order chi connectivity index (χ0) is 16.6. The van der Waals surface area contributed by atoms with Crippen LogP contribution < -0.4 is 10.9 Å². The van der Waals surface area contributed by atoms with E-state index in [0.717, 1.165) is 0 Å². The van der Waals surface area contributed by atoms with Crippen LogP contribution >= 0.6 is 0 Å². The van der Waals surface area contributed by atoms with E-state index in [2.05, 4.69) is 5.32 Å². The van der Waals surface area contributed by atoms with Crippen molar-refractivity contribution >= 4 is 15.7 Å². The predicted octanol–water partition coefficient (Wildman–Crippen LogP) is 0.562. The summed E-state index contributed by atoms with van der Waals surface area (Å²) < 4.78 is 29.2. The fourth-order valence-corrected chi connectivity index (χ4v) is 4.43. The summed E-state index contributed by atoms with van der Waals surface area (Å²) in [4.78, 5) is 24.5. The number of benzene rings is 1. The Balaban J connectivity index is 1.94. The van der Waals surface area contributed by atoms with E-state index >= 15 is 0 Å². The summed E-state index contributed by atoms with van der Waals surface area (Å²) in [5.41, 5.74) is 0.187. The molecular formula is C15H16N2O5S. The minimum absolute atomic E-state index is 0.0485. The zero-order valence-corrected chi connectivity index (χ0v) is 13.3. The molecule has 0 aliphatic carbocycles. The highest BCUT2D eigenvalue weighted by Crippen LogP contribution is 2.22. The van der Waals surface area contributed by atoms with Gasteiger partial charge in [-0.3, -0.25) is 4.79 Å². The first-order valence-corrected chi connectivity index (χ1v) is 8.96. The van der Waals surface area contributed by atoms with Gasteiger partial charge in [-0.25, -0.2) is 18.0 Å². The number of sulfone groups is 1. The predicted molar refractivity (Wildman–Crippen MR) is 83.9 cm³/mol. The van der Waals surface area contributed by atoms with E-state index < -0.39 is 27.4 Å². The molecule has 1 aromatic heterocycles. The molecule has 1 atom stereocenters. The zero-order valence-electron chi connectivity index (χ0n) is 12.5. The number of amides is 1. The normalized spacial score (nSPS) is 19.6. The number of hydrogen-bond acceptors (Lipinski definition) is 5. The smallest absolute Gasteiger partial charge is 0.348 e. The van der Waals surface area contributed by atoms with Crippen LogP contribution in [0.3, 0.4) is 0 Å². The highest BCUT2D eigenvalue weighted by Gasteiger charge is 2.31. The lowest BCUT2D eigenvalue weighted by atomic mass is 10.1. The lowest BCUT2D eigenvalue weighted by Gasteiger charge is -2.10. The molecule has 1 amide bonds. The van der Waals surface area contributed by atoms with Crippen molar-refractivity contribution in [2.24, 2.45) is 7.05 Å². The van der Waals surface area contributed by atoms with Gasteiger partial charge in [0.1, 0.15) is 5.69 Å². The van der Waals surface area contributed by atoms with Crippen molar-refractivity contribution in [3.63, 3.8) is 0 Å². The van der Waals surface area contributed by atoms with Crippen LogP contribution in [-0.4, -0.2) is 36.6 Å². The largest absolute Gasteiger partial charge is 0.370 e. The van der Waals surface area contributed by atoms with Crippen LogP contribution in [0.15, 0.2) is 39.6 Å². The van der Waals surface area contributed by atoms with Gasteiger partial charge in [-0.2, -0.15) is 0 Å². The second-order valence-electron chi connectivity index (χ2n) is 5.54. The Morgan fingerprint density at radius 1 is 1.30 bits per heavy atom. The minimum atomic E-state index is -3.11. The molecule has 122 valence electrons. The van der Waals surface area contributed by atoms with Gasteiger partial charge in [0.05, 0.1) is 11.5 Å². The Morgan fingerprint density at radius 2 is 2.00 bits per heavy atom. The van der Waals surface area contributed by atoms with Gasteiger partial charge in [0.15, 0.2) is 15.4 Å². The van der Waals surface area contributed by atoms with Gasteiger partial charge in [0, 0.05) is 18.7 Å². The first-order chi connectivity index (χ1) is 10.9. The van der Waals surface area contributed by atoms with E-state index in [1.807, 2.05) is 6.07 Å². The molecule has 1 aromatic carbocycles. The van der Waals surface area contributed by atoms with Gasteiger partial charge in [0.25, 0.3) is 5.91 Å². The molecule has 0 bridgehead atoms. The molecule has 1 aliphatic heterocycles. The fraction of sp³-hybridized carbons (Fsp3) is 0.333. The summed E-state index contributed by atoms with van der Waals surface area (Å²) in [5, 5.41) is 2.62. The van der Waals surface area contributed by atoms with Crippen LogP contribution in [0, 0.1) is 0 Å². The first-order valence-electron chi connectivity index (χ1n) is 7.14. The second-order valence-corrected chi connectivity index (χ2v) is 7.77. The first kappa shape index (κ1) is 15.5. The SMILES string of the molecule is Cn1oc(=O)c(C(=O)NC2CCS(=O)(=O)C2)c1-c1ccccc1. The monoisotopic (exact) mass is 336 g/mol. The number of aryl methyl sites for hydroxylation is 1. The van der Waals surface area contributed by atoms with E-state index in [0.29, 0.717) is 17.7 Å². The Labute approximate surface area is 132 Å². The summed E-state index contributed by atoms with van der Waals surface area (Å²) in [7, 11) is -1.57. The standard InChI is InChI=1S/C15H16N2O5S/c1-17-13(10-5-3-2-4-6-10)12(15(19)22-17)14(18)16-11-7-8-23(20,21)9-11/h2-6,11H,7-9H2,1H3,(H,16,18). The third-order valence-corrected chi connectivity index (χ3v) is 5.59. The third kappa shape index (κ3) is 3.07. The third-order valence-electron chi connectivity index (χ3n) is 3.82. The molecule has 1 aliphatic rings. The highest BCUT2D eigenvalue weighted by molar-refractivity contribution is 7.91. The van der Waals surface area contributed by atoms with E-state index in [9.17, 15) is 18.0 Å². The summed E-state index contributed by atoms with van der Waals surface area (Å²) in [6.07, 6.45) is 0.354. The summed E-state index contributed by atoms with van der Waals surface area (Å²) in [6.45, 7) is 0. The number of carbonyl (C=O) groups is 1. The Morgan fingerprint density at radius 3 is 2.61 bits per heavy atom. The average molecular weight is 336 g/mol. The minimum Gasteiger partial charge on any atom is -0.348 e. The summed E-state index contributed by atoms with van der Waals surface area (Å²) in [5.74, 6) is -0.662. The average Bonchev–Trinajstić information content (AvgIpc) is 2.98. The van der Waals surface area contributed by atoms with E-state index in [1.54, 1.807) is 31.3 Å². The molecular weight excluding hydrogens is 320 g/mol. The lowest BCUT2D eigenvalue weighted by Crippen LogP contribution is -2.37. The molecule has 2 heterocycles. The molecule has 8 heteroatoms. The molecule has 1 fully saturated rings. The molecule has 1 unspecified atom stereocenters. The number of hydrogen-bond donors (Lipinski definition) is 1. The number of carbonyl (C=O) groups excluding carboxylic acids is 1. The quantitative estimate of drug-likeness (QED) is 0.883. The van der Waals surface area contributed by atoms with E-state index in [1.165, 1.54) is 4.74 Å². The summed E-state index contributed by atoms with van der Waals surface area (Å²) in [6, 6.07) is 8.46.